The molecule has 142 valence electrons. The lowest BCUT2D eigenvalue weighted by Gasteiger charge is -2.18. The number of nitrogens with zero attached hydrogens (tertiary/aromatic N) is 1. The minimum Gasteiger partial charge on any atom is -0.348 e. The second kappa shape index (κ2) is 9.47. The van der Waals surface area contributed by atoms with Crippen LogP contribution < -0.4 is 10.6 Å². The van der Waals surface area contributed by atoms with Crippen LogP contribution in [0.25, 0.3) is 0 Å². The average Bonchev–Trinajstić information content (AvgIpc) is 2.66. The van der Waals surface area contributed by atoms with Gasteiger partial charge in [0.25, 0.3) is 11.6 Å². The third-order valence-corrected chi connectivity index (χ3v) is 4.19. The topological polar surface area (TPSA) is 101 Å². The fourth-order valence-corrected chi connectivity index (χ4v) is 2.75. The van der Waals surface area contributed by atoms with E-state index in [1.54, 1.807) is 6.92 Å². The summed E-state index contributed by atoms with van der Waals surface area (Å²) in [4.78, 5) is 34.9. The number of rotatable bonds is 8. The highest BCUT2D eigenvalue weighted by Gasteiger charge is 2.17. The second-order valence-electron chi connectivity index (χ2n) is 6.26. The van der Waals surface area contributed by atoms with E-state index in [0.717, 1.165) is 18.4 Å². The van der Waals surface area contributed by atoms with E-state index in [1.807, 2.05) is 37.3 Å². The van der Waals surface area contributed by atoms with Gasteiger partial charge in [-0.05, 0) is 25.0 Å². The van der Waals surface area contributed by atoms with E-state index in [0.29, 0.717) is 5.56 Å². The standard InChI is InChI=1S/C20H23N3O4/c1-3-7-17(15-8-5-4-6-9-15)22-19(24)13-21-20(25)16-11-10-14(2)18(12-16)23(26)27/h4-6,8-12,17H,3,7,13H2,1-2H3,(H,21,25)(H,22,24)/t17-/m1/s1. The van der Waals surface area contributed by atoms with Crippen molar-refractivity contribution in [1.29, 1.82) is 0 Å². The van der Waals surface area contributed by atoms with Crippen LogP contribution >= 0.6 is 0 Å². The zero-order valence-corrected chi connectivity index (χ0v) is 15.4. The minimum absolute atomic E-state index is 0.124. The predicted octanol–water partition coefficient (Wildman–Crippen LogP) is 3.29. The lowest BCUT2D eigenvalue weighted by atomic mass is 10.0. The smallest absolute Gasteiger partial charge is 0.273 e. The zero-order valence-electron chi connectivity index (χ0n) is 15.4. The fraction of sp³-hybridized carbons (Fsp3) is 0.300. The third-order valence-electron chi connectivity index (χ3n) is 4.19. The van der Waals surface area contributed by atoms with Crippen LogP contribution in [0.2, 0.25) is 0 Å². The maximum Gasteiger partial charge on any atom is 0.273 e. The summed E-state index contributed by atoms with van der Waals surface area (Å²) >= 11 is 0. The molecular formula is C20H23N3O4. The molecule has 1 atom stereocenters. The molecule has 0 aliphatic rings. The summed E-state index contributed by atoms with van der Waals surface area (Å²) in [5, 5.41) is 16.4. The molecule has 0 saturated heterocycles. The van der Waals surface area contributed by atoms with Gasteiger partial charge in [-0.15, -0.1) is 0 Å². The molecule has 0 heterocycles. The lowest BCUT2D eigenvalue weighted by Crippen LogP contribution is -2.38. The molecule has 0 aromatic heterocycles. The fourth-order valence-electron chi connectivity index (χ4n) is 2.75. The van der Waals surface area contributed by atoms with Gasteiger partial charge >= 0.3 is 0 Å². The molecule has 7 nitrogen and oxygen atoms in total. The summed E-state index contributed by atoms with van der Waals surface area (Å²) in [6, 6.07) is 13.7. The van der Waals surface area contributed by atoms with Crippen molar-refractivity contribution in [2.24, 2.45) is 0 Å². The molecular weight excluding hydrogens is 346 g/mol. The summed E-state index contributed by atoms with van der Waals surface area (Å²) in [7, 11) is 0. The average molecular weight is 369 g/mol. The van der Waals surface area contributed by atoms with E-state index < -0.39 is 10.8 Å². The van der Waals surface area contributed by atoms with Gasteiger partial charge in [-0.3, -0.25) is 19.7 Å². The molecule has 0 spiro atoms. The van der Waals surface area contributed by atoms with Gasteiger partial charge in [0.1, 0.15) is 0 Å². The number of carbonyl (C=O) groups excluding carboxylic acids is 2. The highest BCUT2D eigenvalue weighted by Crippen LogP contribution is 2.19. The Labute approximate surface area is 157 Å². The number of nitro benzene ring substituents is 1. The Bertz CT molecular complexity index is 821. The summed E-state index contributed by atoms with van der Waals surface area (Å²) in [6.07, 6.45) is 1.69. The second-order valence-corrected chi connectivity index (χ2v) is 6.26. The number of aryl methyl sites for hydroxylation is 1. The largest absolute Gasteiger partial charge is 0.348 e. The highest BCUT2D eigenvalue weighted by molar-refractivity contribution is 5.97. The molecule has 2 aromatic carbocycles. The zero-order chi connectivity index (χ0) is 19.8. The summed E-state index contributed by atoms with van der Waals surface area (Å²) < 4.78 is 0. The van der Waals surface area contributed by atoms with Crippen molar-refractivity contribution in [3.63, 3.8) is 0 Å². The van der Waals surface area contributed by atoms with Gasteiger partial charge in [0, 0.05) is 17.2 Å². The van der Waals surface area contributed by atoms with Crippen LogP contribution in [-0.4, -0.2) is 23.3 Å². The quantitative estimate of drug-likeness (QED) is 0.551. The van der Waals surface area contributed by atoms with Crippen LogP contribution in [-0.2, 0) is 4.79 Å². The van der Waals surface area contributed by atoms with Crippen molar-refractivity contribution in [3.05, 3.63) is 75.3 Å². The summed E-state index contributed by atoms with van der Waals surface area (Å²) in [6.45, 7) is 3.44. The number of benzene rings is 2. The van der Waals surface area contributed by atoms with Crippen LogP contribution in [0.1, 0.15) is 47.3 Å². The molecule has 0 aliphatic carbocycles. The first-order valence-electron chi connectivity index (χ1n) is 8.80. The Hall–Kier alpha value is -3.22. The lowest BCUT2D eigenvalue weighted by molar-refractivity contribution is -0.385. The SMILES string of the molecule is CCC[C@@H](NC(=O)CNC(=O)c1ccc(C)c([N+](=O)[O-])c1)c1ccccc1. The number of amides is 2. The maximum absolute atomic E-state index is 12.2. The first-order valence-corrected chi connectivity index (χ1v) is 8.80. The van der Waals surface area contributed by atoms with Gasteiger partial charge < -0.3 is 10.6 Å². The van der Waals surface area contributed by atoms with Crippen molar-refractivity contribution in [2.45, 2.75) is 32.7 Å². The number of hydrogen-bond acceptors (Lipinski definition) is 4. The van der Waals surface area contributed by atoms with Crippen molar-refractivity contribution >= 4 is 17.5 Å². The van der Waals surface area contributed by atoms with E-state index in [-0.39, 0.29) is 29.7 Å². The predicted molar refractivity (Wildman–Crippen MR) is 102 cm³/mol. The normalized spacial score (nSPS) is 11.5. The van der Waals surface area contributed by atoms with E-state index >= 15 is 0 Å². The molecule has 27 heavy (non-hydrogen) atoms. The molecule has 2 N–H and O–H groups in total. The van der Waals surface area contributed by atoms with Gasteiger partial charge in [0.2, 0.25) is 5.91 Å². The molecule has 0 bridgehead atoms. The van der Waals surface area contributed by atoms with Crippen LogP contribution in [0.4, 0.5) is 5.69 Å². The van der Waals surface area contributed by atoms with Crippen molar-refractivity contribution in [2.75, 3.05) is 6.54 Å². The first-order chi connectivity index (χ1) is 12.9. The maximum atomic E-state index is 12.2. The Morgan fingerprint density at radius 1 is 1.15 bits per heavy atom. The third kappa shape index (κ3) is 5.64. The Balaban J connectivity index is 1.97. The van der Waals surface area contributed by atoms with Gasteiger partial charge in [-0.1, -0.05) is 49.7 Å². The summed E-state index contributed by atoms with van der Waals surface area (Å²) in [5.41, 5.74) is 1.50. The van der Waals surface area contributed by atoms with Crippen LogP contribution in [0.3, 0.4) is 0 Å². The minimum atomic E-state index is -0.534. The van der Waals surface area contributed by atoms with E-state index in [4.69, 9.17) is 0 Å². The van der Waals surface area contributed by atoms with E-state index in [9.17, 15) is 19.7 Å². The Morgan fingerprint density at radius 3 is 2.48 bits per heavy atom. The molecule has 0 fully saturated rings. The first kappa shape index (κ1) is 20.1. The van der Waals surface area contributed by atoms with Crippen molar-refractivity contribution < 1.29 is 14.5 Å². The molecule has 0 aliphatic heterocycles. The van der Waals surface area contributed by atoms with E-state index in [1.165, 1.54) is 18.2 Å². The van der Waals surface area contributed by atoms with Crippen LogP contribution in [0.15, 0.2) is 48.5 Å². The van der Waals surface area contributed by atoms with Gasteiger partial charge in [0.15, 0.2) is 0 Å². The number of nitrogens with one attached hydrogen (secondary N) is 2. The number of nitro groups is 1. The summed E-state index contributed by atoms with van der Waals surface area (Å²) in [5.74, 6) is -0.840. The molecule has 2 aromatic rings. The molecule has 0 saturated carbocycles. The van der Waals surface area contributed by atoms with E-state index in [2.05, 4.69) is 10.6 Å². The van der Waals surface area contributed by atoms with Crippen molar-refractivity contribution in [3.8, 4) is 0 Å². The monoisotopic (exact) mass is 369 g/mol. The Kier molecular flexibility index (Phi) is 7.05. The van der Waals surface area contributed by atoms with Crippen molar-refractivity contribution in [1.82, 2.24) is 10.6 Å². The van der Waals surface area contributed by atoms with Gasteiger partial charge in [-0.25, -0.2) is 0 Å². The molecule has 2 amide bonds. The molecule has 2 rings (SSSR count). The molecule has 0 radical (unpaired) electrons. The number of carbonyl (C=O) groups is 2. The Morgan fingerprint density at radius 2 is 1.85 bits per heavy atom. The van der Waals surface area contributed by atoms with Gasteiger partial charge in [-0.2, -0.15) is 0 Å². The van der Waals surface area contributed by atoms with Crippen LogP contribution in [0.5, 0.6) is 0 Å². The van der Waals surface area contributed by atoms with Crippen LogP contribution in [0, 0.1) is 17.0 Å². The molecule has 0 unspecified atom stereocenters. The highest BCUT2D eigenvalue weighted by atomic mass is 16.6. The number of hydrogen-bond donors (Lipinski definition) is 2. The van der Waals surface area contributed by atoms with Gasteiger partial charge in [0.05, 0.1) is 17.5 Å². The molecule has 7 heteroatoms.